The largest absolute Gasteiger partial charge is 0.332 e. The van der Waals surface area contributed by atoms with Crippen LogP contribution in [0.4, 0.5) is 5.13 Å². The van der Waals surface area contributed by atoms with Crippen molar-refractivity contribution in [1.82, 2.24) is 24.0 Å². The van der Waals surface area contributed by atoms with E-state index < -0.39 is 17.2 Å². The molecule has 0 atom stereocenters. The first kappa shape index (κ1) is 20.4. The molecule has 1 aliphatic heterocycles. The fraction of sp³-hybridized carbons (Fsp3) is 0.450. The quantitative estimate of drug-likeness (QED) is 0.679. The summed E-state index contributed by atoms with van der Waals surface area (Å²) in [4.78, 5) is 48.2. The highest BCUT2D eigenvalue weighted by molar-refractivity contribution is 7.13. The molecule has 1 amide bonds. The molecule has 1 fully saturated rings. The molecule has 158 valence electrons. The maximum atomic E-state index is 12.7. The van der Waals surface area contributed by atoms with Crippen LogP contribution in [0, 0.1) is 0 Å². The van der Waals surface area contributed by atoms with Crippen LogP contribution >= 0.6 is 11.3 Å². The summed E-state index contributed by atoms with van der Waals surface area (Å²) in [5.41, 5.74) is 0.308. The van der Waals surface area contributed by atoms with Gasteiger partial charge in [0, 0.05) is 26.0 Å². The second-order valence-electron chi connectivity index (χ2n) is 7.56. The van der Waals surface area contributed by atoms with E-state index in [9.17, 15) is 14.4 Å². The van der Waals surface area contributed by atoms with E-state index in [1.165, 1.54) is 67.8 Å². The normalized spacial score (nSPS) is 15.3. The van der Waals surface area contributed by atoms with Crippen molar-refractivity contribution >= 4 is 33.4 Å². The molecular weight excluding hydrogens is 404 g/mol. The lowest BCUT2D eigenvalue weighted by atomic mass is 10.2. The zero-order valence-corrected chi connectivity index (χ0v) is 17.9. The first-order chi connectivity index (χ1) is 14.4. The first-order valence-electron chi connectivity index (χ1n) is 9.99. The van der Waals surface area contributed by atoms with Gasteiger partial charge in [-0.25, -0.2) is 14.8 Å². The molecule has 3 aromatic rings. The summed E-state index contributed by atoms with van der Waals surface area (Å²) in [6.07, 6.45) is 5.00. The van der Waals surface area contributed by atoms with Crippen molar-refractivity contribution in [3.63, 3.8) is 0 Å². The van der Waals surface area contributed by atoms with Crippen molar-refractivity contribution in [3.8, 4) is 0 Å². The van der Waals surface area contributed by atoms with Crippen LogP contribution in [0.2, 0.25) is 0 Å². The summed E-state index contributed by atoms with van der Waals surface area (Å²) in [5, 5.41) is 5.52. The van der Waals surface area contributed by atoms with Crippen molar-refractivity contribution in [1.29, 1.82) is 0 Å². The summed E-state index contributed by atoms with van der Waals surface area (Å²) >= 11 is 1.37. The highest BCUT2D eigenvalue weighted by atomic mass is 32.1. The second-order valence-corrected chi connectivity index (χ2v) is 8.42. The fourth-order valence-corrected chi connectivity index (χ4v) is 4.40. The molecule has 0 bridgehead atoms. The number of hydrogen-bond donors (Lipinski definition) is 1. The van der Waals surface area contributed by atoms with E-state index in [0.29, 0.717) is 5.13 Å². The monoisotopic (exact) mass is 428 g/mol. The number of pyridine rings is 1. The lowest BCUT2D eigenvalue weighted by Gasteiger charge is -2.17. The standard InChI is InChI=1S/C20H24N6O3S/c1-24-16-14(18(28)25(2)20(24)29)7-8-15(22-16)17(27)23-19-21-13(12-30-19)11-26-9-5-3-4-6-10-26/h7-8,12H,3-6,9-11H2,1-2H3,(H,21,23,27). The van der Waals surface area contributed by atoms with Crippen LogP contribution in [0.1, 0.15) is 41.9 Å². The van der Waals surface area contributed by atoms with Crippen molar-refractivity contribution < 1.29 is 4.79 Å². The molecule has 0 saturated carbocycles. The predicted molar refractivity (Wildman–Crippen MR) is 116 cm³/mol. The highest BCUT2D eigenvalue weighted by Crippen LogP contribution is 2.19. The number of hydrogen-bond acceptors (Lipinski definition) is 7. The average molecular weight is 429 g/mol. The summed E-state index contributed by atoms with van der Waals surface area (Å²) < 4.78 is 2.28. The Labute approximate surface area is 177 Å². The number of carbonyl (C=O) groups excluding carboxylic acids is 1. The van der Waals surface area contributed by atoms with E-state index in [1.807, 2.05) is 5.38 Å². The minimum absolute atomic E-state index is 0.120. The molecule has 3 aromatic heterocycles. The SMILES string of the molecule is Cn1c(=O)c2ccc(C(=O)Nc3nc(CN4CCCCCC4)cs3)nc2n(C)c1=O. The molecule has 0 unspecified atom stereocenters. The number of fused-ring (bicyclic) bond motifs is 1. The molecular formula is C20H24N6O3S. The van der Waals surface area contributed by atoms with Gasteiger partial charge in [-0.3, -0.25) is 28.9 Å². The number of aromatic nitrogens is 4. The van der Waals surface area contributed by atoms with Crippen molar-refractivity contribution in [2.75, 3.05) is 18.4 Å². The fourth-order valence-electron chi connectivity index (χ4n) is 3.70. The van der Waals surface area contributed by atoms with Crippen LogP contribution in [0.25, 0.3) is 11.0 Å². The van der Waals surface area contributed by atoms with Crippen LogP contribution in [0.5, 0.6) is 0 Å². The number of likely N-dealkylation sites (tertiary alicyclic amines) is 1. The lowest BCUT2D eigenvalue weighted by Crippen LogP contribution is -2.37. The van der Waals surface area contributed by atoms with Gasteiger partial charge in [0.15, 0.2) is 5.13 Å². The molecule has 0 radical (unpaired) electrons. The predicted octanol–water partition coefficient (Wildman–Crippen LogP) is 1.72. The average Bonchev–Trinajstić information content (AvgIpc) is 3.02. The van der Waals surface area contributed by atoms with Gasteiger partial charge in [-0.05, 0) is 38.1 Å². The van der Waals surface area contributed by atoms with Gasteiger partial charge >= 0.3 is 5.69 Å². The number of nitrogens with zero attached hydrogens (tertiary/aromatic N) is 5. The van der Waals surface area contributed by atoms with Gasteiger partial charge < -0.3 is 0 Å². The summed E-state index contributed by atoms with van der Waals surface area (Å²) in [7, 11) is 2.94. The van der Waals surface area contributed by atoms with Crippen LogP contribution in [-0.2, 0) is 20.6 Å². The summed E-state index contributed by atoms with van der Waals surface area (Å²) in [6.45, 7) is 2.95. The van der Waals surface area contributed by atoms with E-state index in [-0.39, 0.29) is 16.7 Å². The van der Waals surface area contributed by atoms with Crippen LogP contribution in [0.3, 0.4) is 0 Å². The number of thiazole rings is 1. The molecule has 4 rings (SSSR count). The number of amides is 1. The van der Waals surface area contributed by atoms with E-state index in [2.05, 4.69) is 20.2 Å². The lowest BCUT2D eigenvalue weighted by molar-refractivity contribution is 0.102. The van der Waals surface area contributed by atoms with Crippen molar-refractivity contribution in [2.45, 2.75) is 32.2 Å². The second kappa shape index (κ2) is 8.49. The number of rotatable bonds is 4. The van der Waals surface area contributed by atoms with Gasteiger partial charge in [-0.2, -0.15) is 0 Å². The van der Waals surface area contributed by atoms with Crippen LogP contribution < -0.4 is 16.6 Å². The van der Waals surface area contributed by atoms with Crippen LogP contribution in [0.15, 0.2) is 27.1 Å². The Balaban J connectivity index is 1.51. The Bertz CT molecular complexity index is 1200. The molecule has 1 saturated heterocycles. The Kier molecular flexibility index (Phi) is 5.78. The molecule has 0 aromatic carbocycles. The van der Waals surface area contributed by atoms with Gasteiger partial charge in [-0.15, -0.1) is 11.3 Å². The van der Waals surface area contributed by atoms with Gasteiger partial charge in [0.2, 0.25) is 0 Å². The Hall–Kier alpha value is -2.85. The van der Waals surface area contributed by atoms with E-state index in [4.69, 9.17) is 0 Å². The number of aryl methyl sites for hydroxylation is 1. The number of nitrogens with one attached hydrogen (secondary N) is 1. The highest BCUT2D eigenvalue weighted by Gasteiger charge is 2.16. The topological polar surface area (TPSA) is 102 Å². The Morgan fingerprint density at radius 2 is 1.80 bits per heavy atom. The van der Waals surface area contributed by atoms with Crippen LogP contribution in [-0.4, -0.2) is 43.0 Å². The van der Waals surface area contributed by atoms with Crippen molar-refractivity contribution in [2.24, 2.45) is 14.1 Å². The van der Waals surface area contributed by atoms with Gasteiger partial charge in [0.25, 0.3) is 11.5 Å². The molecule has 4 heterocycles. The zero-order valence-electron chi connectivity index (χ0n) is 17.1. The molecule has 1 aliphatic rings. The molecule has 1 N–H and O–H groups in total. The van der Waals surface area contributed by atoms with Gasteiger partial charge in [0.05, 0.1) is 11.1 Å². The maximum Gasteiger partial charge on any atom is 0.332 e. The maximum absolute atomic E-state index is 12.7. The Morgan fingerprint density at radius 3 is 2.53 bits per heavy atom. The first-order valence-corrected chi connectivity index (χ1v) is 10.9. The molecule has 0 aliphatic carbocycles. The molecule has 0 spiro atoms. The molecule has 9 nitrogen and oxygen atoms in total. The third-order valence-corrected chi connectivity index (χ3v) is 6.20. The van der Waals surface area contributed by atoms with Crippen molar-refractivity contribution in [3.05, 3.63) is 49.7 Å². The van der Waals surface area contributed by atoms with E-state index in [0.717, 1.165) is 29.9 Å². The van der Waals surface area contributed by atoms with E-state index in [1.54, 1.807) is 0 Å². The van der Waals surface area contributed by atoms with Gasteiger partial charge in [0.1, 0.15) is 11.3 Å². The summed E-state index contributed by atoms with van der Waals surface area (Å²) in [5.74, 6) is -0.430. The molecule has 30 heavy (non-hydrogen) atoms. The summed E-state index contributed by atoms with van der Waals surface area (Å²) in [6, 6.07) is 3.00. The minimum atomic E-state index is -0.490. The van der Waals surface area contributed by atoms with E-state index >= 15 is 0 Å². The smallest absolute Gasteiger partial charge is 0.297 e. The molecule has 10 heteroatoms. The Morgan fingerprint density at radius 1 is 1.07 bits per heavy atom. The minimum Gasteiger partial charge on any atom is -0.297 e. The third-order valence-electron chi connectivity index (χ3n) is 5.39. The number of anilines is 1. The number of carbonyl (C=O) groups is 1. The zero-order chi connectivity index (χ0) is 21.3. The van der Waals surface area contributed by atoms with Gasteiger partial charge in [-0.1, -0.05) is 12.8 Å². The third kappa shape index (κ3) is 4.05.